The topological polar surface area (TPSA) is 52.5 Å². The molecule has 1 aliphatic heterocycles. The Morgan fingerprint density at radius 1 is 1.38 bits per heavy atom. The summed E-state index contributed by atoms with van der Waals surface area (Å²) >= 11 is 1.75. The van der Waals surface area contributed by atoms with Crippen LogP contribution in [0.4, 0.5) is 0 Å². The van der Waals surface area contributed by atoms with Crippen molar-refractivity contribution >= 4 is 11.8 Å². The molecule has 0 aromatic heterocycles. The van der Waals surface area contributed by atoms with Crippen LogP contribution in [0.25, 0.3) is 0 Å². The van der Waals surface area contributed by atoms with E-state index >= 15 is 0 Å². The summed E-state index contributed by atoms with van der Waals surface area (Å²) in [5.41, 5.74) is 0. The fourth-order valence-corrected chi connectivity index (χ4v) is 2.65. The Morgan fingerprint density at radius 3 is 2.69 bits per heavy atom. The van der Waals surface area contributed by atoms with E-state index in [0.717, 1.165) is 24.8 Å². The van der Waals surface area contributed by atoms with E-state index in [-0.39, 0.29) is 6.61 Å². The van der Waals surface area contributed by atoms with Crippen LogP contribution in [0.2, 0.25) is 0 Å². The van der Waals surface area contributed by atoms with Crippen LogP contribution in [-0.4, -0.2) is 47.5 Å². The maximum Gasteiger partial charge on any atom is 0.0861 e. The van der Waals surface area contributed by atoms with Crippen LogP contribution >= 0.6 is 11.8 Å². The minimum Gasteiger partial charge on any atom is -0.394 e. The highest BCUT2D eigenvalue weighted by Crippen LogP contribution is 2.18. The SMILES string of the molecule is OCC(O)CSCC1CCNCC1. The first kappa shape index (κ1) is 11.3. The van der Waals surface area contributed by atoms with Gasteiger partial charge in [-0.2, -0.15) is 11.8 Å². The first-order chi connectivity index (χ1) is 6.33. The van der Waals surface area contributed by atoms with Crippen LogP contribution in [0, 0.1) is 5.92 Å². The number of aliphatic hydroxyl groups is 2. The smallest absolute Gasteiger partial charge is 0.0861 e. The Bertz CT molecular complexity index is 129. The van der Waals surface area contributed by atoms with Gasteiger partial charge in [-0.1, -0.05) is 0 Å². The van der Waals surface area contributed by atoms with Crippen molar-refractivity contribution in [2.24, 2.45) is 5.92 Å². The number of hydrogen-bond donors (Lipinski definition) is 3. The fourth-order valence-electron chi connectivity index (χ4n) is 1.47. The number of piperidine rings is 1. The van der Waals surface area contributed by atoms with Crippen LogP contribution in [0.15, 0.2) is 0 Å². The highest BCUT2D eigenvalue weighted by molar-refractivity contribution is 7.99. The Hall–Kier alpha value is 0.230. The average molecular weight is 205 g/mol. The summed E-state index contributed by atoms with van der Waals surface area (Å²) in [5, 5.41) is 21.0. The third-order valence-electron chi connectivity index (χ3n) is 2.33. The van der Waals surface area contributed by atoms with Gasteiger partial charge in [0.15, 0.2) is 0 Å². The van der Waals surface area contributed by atoms with Gasteiger partial charge in [0, 0.05) is 5.75 Å². The molecular formula is C9H19NO2S. The van der Waals surface area contributed by atoms with E-state index in [9.17, 15) is 0 Å². The van der Waals surface area contributed by atoms with E-state index in [1.807, 2.05) is 0 Å². The molecule has 4 heteroatoms. The van der Waals surface area contributed by atoms with Gasteiger partial charge < -0.3 is 15.5 Å². The minimum atomic E-state index is -0.535. The molecule has 1 rings (SSSR count). The van der Waals surface area contributed by atoms with Crippen LogP contribution in [-0.2, 0) is 0 Å². The van der Waals surface area contributed by atoms with Crippen LogP contribution < -0.4 is 5.32 Å². The van der Waals surface area contributed by atoms with Gasteiger partial charge in [-0.05, 0) is 37.6 Å². The number of hydrogen-bond acceptors (Lipinski definition) is 4. The van der Waals surface area contributed by atoms with Crippen LogP contribution in [0.5, 0.6) is 0 Å². The molecule has 0 radical (unpaired) electrons. The molecule has 0 aromatic rings. The van der Waals surface area contributed by atoms with E-state index in [4.69, 9.17) is 10.2 Å². The van der Waals surface area contributed by atoms with Crippen LogP contribution in [0.3, 0.4) is 0 Å². The summed E-state index contributed by atoms with van der Waals surface area (Å²) in [4.78, 5) is 0. The normalized spacial score (nSPS) is 21.7. The number of rotatable bonds is 5. The molecule has 78 valence electrons. The van der Waals surface area contributed by atoms with Gasteiger partial charge in [0.1, 0.15) is 0 Å². The zero-order valence-electron chi connectivity index (χ0n) is 7.91. The quantitative estimate of drug-likeness (QED) is 0.595. The largest absolute Gasteiger partial charge is 0.394 e. The molecule has 1 unspecified atom stereocenters. The Kier molecular flexibility index (Phi) is 5.78. The van der Waals surface area contributed by atoms with E-state index in [1.54, 1.807) is 11.8 Å². The molecule has 1 fully saturated rings. The first-order valence-electron chi connectivity index (χ1n) is 4.90. The molecule has 3 nitrogen and oxygen atoms in total. The molecule has 3 N–H and O–H groups in total. The third kappa shape index (κ3) is 4.86. The maximum atomic E-state index is 9.10. The Balaban J connectivity index is 1.98. The lowest BCUT2D eigenvalue weighted by Gasteiger charge is -2.22. The van der Waals surface area contributed by atoms with Crippen molar-refractivity contribution in [1.29, 1.82) is 0 Å². The molecule has 0 amide bonds. The highest BCUT2D eigenvalue weighted by Gasteiger charge is 2.13. The predicted octanol–water partition coefficient (Wildman–Crippen LogP) is 0.0724. The highest BCUT2D eigenvalue weighted by atomic mass is 32.2. The van der Waals surface area contributed by atoms with Gasteiger partial charge in [-0.15, -0.1) is 0 Å². The van der Waals surface area contributed by atoms with E-state index in [0.29, 0.717) is 5.75 Å². The van der Waals surface area contributed by atoms with Gasteiger partial charge in [-0.25, -0.2) is 0 Å². The summed E-state index contributed by atoms with van der Waals surface area (Å²) in [6.45, 7) is 2.15. The number of nitrogens with one attached hydrogen (secondary N) is 1. The molecule has 13 heavy (non-hydrogen) atoms. The molecule has 1 saturated heterocycles. The van der Waals surface area contributed by atoms with Crippen molar-refractivity contribution in [1.82, 2.24) is 5.32 Å². The van der Waals surface area contributed by atoms with Gasteiger partial charge in [-0.3, -0.25) is 0 Å². The molecule has 1 heterocycles. The van der Waals surface area contributed by atoms with Crippen molar-refractivity contribution in [2.45, 2.75) is 18.9 Å². The second kappa shape index (κ2) is 6.65. The van der Waals surface area contributed by atoms with Gasteiger partial charge >= 0.3 is 0 Å². The van der Waals surface area contributed by atoms with Crippen molar-refractivity contribution in [3.63, 3.8) is 0 Å². The van der Waals surface area contributed by atoms with E-state index in [1.165, 1.54) is 12.8 Å². The number of thioether (sulfide) groups is 1. The second-order valence-corrected chi connectivity index (χ2v) is 4.64. The summed E-state index contributed by atoms with van der Waals surface area (Å²) in [6, 6.07) is 0. The van der Waals surface area contributed by atoms with Gasteiger partial charge in [0.05, 0.1) is 12.7 Å². The molecule has 0 bridgehead atoms. The fraction of sp³-hybridized carbons (Fsp3) is 1.00. The number of aliphatic hydroxyl groups excluding tert-OH is 2. The zero-order valence-corrected chi connectivity index (χ0v) is 8.72. The van der Waals surface area contributed by atoms with Crippen molar-refractivity contribution in [3.05, 3.63) is 0 Å². The molecule has 0 aromatic carbocycles. The predicted molar refractivity (Wildman–Crippen MR) is 56.0 cm³/mol. The van der Waals surface area contributed by atoms with Crippen molar-refractivity contribution < 1.29 is 10.2 Å². The summed E-state index contributed by atoms with van der Waals surface area (Å²) in [7, 11) is 0. The van der Waals surface area contributed by atoms with Gasteiger partial charge in [0.25, 0.3) is 0 Å². The first-order valence-corrected chi connectivity index (χ1v) is 6.05. The molecule has 0 saturated carbocycles. The summed E-state index contributed by atoms with van der Waals surface area (Å²) in [6.07, 6.45) is 1.97. The average Bonchev–Trinajstić information content (AvgIpc) is 2.19. The monoisotopic (exact) mass is 205 g/mol. The molecular weight excluding hydrogens is 186 g/mol. The second-order valence-electron chi connectivity index (χ2n) is 3.57. The van der Waals surface area contributed by atoms with Crippen molar-refractivity contribution in [3.8, 4) is 0 Å². The van der Waals surface area contributed by atoms with E-state index in [2.05, 4.69) is 5.32 Å². The standard InChI is InChI=1S/C9H19NO2S/c11-5-9(12)7-13-6-8-1-3-10-4-2-8/h8-12H,1-7H2. The van der Waals surface area contributed by atoms with Crippen LogP contribution in [0.1, 0.15) is 12.8 Å². The zero-order chi connectivity index (χ0) is 9.52. The molecule has 0 spiro atoms. The minimum absolute atomic E-state index is 0.112. The van der Waals surface area contributed by atoms with Crippen molar-refractivity contribution in [2.75, 3.05) is 31.2 Å². The molecule has 0 aliphatic carbocycles. The summed E-state index contributed by atoms with van der Waals surface area (Å²) < 4.78 is 0. The lowest BCUT2D eigenvalue weighted by Crippen LogP contribution is -2.29. The van der Waals surface area contributed by atoms with Gasteiger partial charge in [0.2, 0.25) is 0 Å². The molecule has 1 atom stereocenters. The van der Waals surface area contributed by atoms with E-state index < -0.39 is 6.10 Å². The summed E-state index contributed by atoms with van der Waals surface area (Å²) in [5.74, 6) is 2.59. The lowest BCUT2D eigenvalue weighted by molar-refractivity contribution is 0.113. The Morgan fingerprint density at radius 2 is 2.08 bits per heavy atom. The lowest BCUT2D eigenvalue weighted by atomic mass is 10.0. The maximum absolute atomic E-state index is 9.10. The Labute approximate surface area is 83.9 Å². The molecule has 1 aliphatic rings. The third-order valence-corrected chi connectivity index (χ3v) is 3.66.